The largest absolute Gasteiger partial charge is 0.381 e. The maximum Gasteiger partial charge on any atom is 0.221 e. The summed E-state index contributed by atoms with van der Waals surface area (Å²) in [5.74, 6) is 0.481. The molecule has 1 heterocycles. The molecule has 0 bridgehead atoms. The van der Waals surface area contributed by atoms with Gasteiger partial charge >= 0.3 is 0 Å². The van der Waals surface area contributed by atoms with Gasteiger partial charge in [0.25, 0.3) is 0 Å². The van der Waals surface area contributed by atoms with Gasteiger partial charge in [-0.3, -0.25) is 4.79 Å². The maximum atomic E-state index is 12.1. The average molecular weight is 357 g/mol. The molecular formula is C16H23NO4S2. The van der Waals surface area contributed by atoms with E-state index in [-0.39, 0.29) is 23.0 Å². The molecule has 0 atom stereocenters. The normalized spacial score (nSPS) is 16.2. The number of hydrogen-bond acceptors (Lipinski definition) is 5. The number of rotatable bonds is 8. The summed E-state index contributed by atoms with van der Waals surface area (Å²) < 4.78 is 29.5. The maximum absolute atomic E-state index is 12.1. The molecule has 0 aromatic heterocycles. The molecule has 1 saturated heterocycles. The van der Waals surface area contributed by atoms with Crippen molar-refractivity contribution in [2.45, 2.75) is 29.4 Å². The van der Waals surface area contributed by atoms with Crippen LogP contribution in [0.25, 0.3) is 0 Å². The SMILES string of the molecule is O=C(CCS(=O)(=O)c1ccccc1)NCCSC1CCOCC1. The van der Waals surface area contributed by atoms with E-state index >= 15 is 0 Å². The van der Waals surface area contributed by atoms with Crippen LogP contribution in [0.5, 0.6) is 0 Å². The van der Waals surface area contributed by atoms with Gasteiger partial charge in [-0.2, -0.15) is 11.8 Å². The lowest BCUT2D eigenvalue weighted by Gasteiger charge is -2.21. The van der Waals surface area contributed by atoms with Gasteiger partial charge in [0.15, 0.2) is 9.84 Å². The predicted molar refractivity (Wildman–Crippen MR) is 92.4 cm³/mol. The lowest BCUT2D eigenvalue weighted by Crippen LogP contribution is -2.28. The Labute approximate surface area is 142 Å². The molecule has 1 aromatic carbocycles. The molecule has 1 aromatic rings. The van der Waals surface area contributed by atoms with E-state index in [0.29, 0.717) is 11.8 Å². The Morgan fingerprint density at radius 1 is 1.22 bits per heavy atom. The fourth-order valence-corrected chi connectivity index (χ4v) is 4.66. The van der Waals surface area contributed by atoms with Crippen LogP contribution in [0.4, 0.5) is 0 Å². The van der Waals surface area contributed by atoms with Crippen LogP contribution in [0.15, 0.2) is 35.2 Å². The standard InChI is InChI=1S/C16H23NO4S2/c18-16(17-9-12-22-14-6-10-21-11-7-14)8-13-23(19,20)15-4-2-1-3-5-15/h1-5,14H,6-13H2,(H,17,18). The average Bonchev–Trinajstić information content (AvgIpc) is 2.59. The molecule has 2 rings (SSSR count). The Kier molecular flexibility index (Phi) is 7.39. The van der Waals surface area contributed by atoms with E-state index in [1.807, 2.05) is 11.8 Å². The second kappa shape index (κ2) is 9.30. The molecule has 1 aliphatic rings. The van der Waals surface area contributed by atoms with E-state index in [9.17, 15) is 13.2 Å². The molecule has 1 N–H and O–H groups in total. The highest BCUT2D eigenvalue weighted by atomic mass is 32.2. The van der Waals surface area contributed by atoms with Crippen molar-refractivity contribution in [2.75, 3.05) is 31.3 Å². The summed E-state index contributed by atoms with van der Waals surface area (Å²) >= 11 is 1.85. The van der Waals surface area contributed by atoms with Crippen molar-refractivity contribution >= 4 is 27.5 Å². The number of sulfone groups is 1. The van der Waals surface area contributed by atoms with Gasteiger partial charge in [-0.15, -0.1) is 0 Å². The van der Waals surface area contributed by atoms with Crippen molar-refractivity contribution in [2.24, 2.45) is 0 Å². The first-order valence-electron chi connectivity index (χ1n) is 7.82. The Bertz CT molecular complexity index is 583. The van der Waals surface area contributed by atoms with Crippen molar-refractivity contribution < 1.29 is 17.9 Å². The first-order chi connectivity index (χ1) is 11.1. The topological polar surface area (TPSA) is 72.5 Å². The van der Waals surface area contributed by atoms with E-state index in [1.54, 1.807) is 30.3 Å². The predicted octanol–water partition coefficient (Wildman–Crippen LogP) is 1.88. The molecule has 0 radical (unpaired) electrons. The number of benzene rings is 1. The van der Waals surface area contributed by atoms with Gasteiger partial charge in [-0.1, -0.05) is 18.2 Å². The van der Waals surface area contributed by atoms with Crippen LogP contribution < -0.4 is 5.32 Å². The van der Waals surface area contributed by atoms with E-state index in [1.165, 1.54) is 0 Å². The lowest BCUT2D eigenvalue weighted by atomic mass is 10.2. The molecule has 0 unspecified atom stereocenters. The van der Waals surface area contributed by atoms with Crippen LogP contribution in [-0.2, 0) is 19.4 Å². The third kappa shape index (κ3) is 6.53. The van der Waals surface area contributed by atoms with Crippen LogP contribution in [-0.4, -0.2) is 50.8 Å². The zero-order valence-corrected chi connectivity index (χ0v) is 14.7. The van der Waals surface area contributed by atoms with Crippen molar-refractivity contribution in [3.05, 3.63) is 30.3 Å². The minimum atomic E-state index is -3.38. The Hall–Kier alpha value is -1.05. The van der Waals surface area contributed by atoms with E-state index in [4.69, 9.17) is 4.74 Å². The second-order valence-corrected chi connectivity index (χ2v) is 8.93. The van der Waals surface area contributed by atoms with Gasteiger partial charge in [-0.05, 0) is 25.0 Å². The van der Waals surface area contributed by atoms with E-state index < -0.39 is 9.84 Å². The van der Waals surface area contributed by atoms with Crippen molar-refractivity contribution in [3.8, 4) is 0 Å². The van der Waals surface area contributed by atoms with Gasteiger partial charge in [0.2, 0.25) is 5.91 Å². The van der Waals surface area contributed by atoms with Gasteiger partial charge in [0.05, 0.1) is 10.6 Å². The van der Waals surface area contributed by atoms with Crippen LogP contribution in [0.1, 0.15) is 19.3 Å². The Morgan fingerprint density at radius 2 is 1.91 bits per heavy atom. The molecule has 0 spiro atoms. The van der Waals surface area contributed by atoms with Crippen LogP contribution in [0, 0.1) is 0 Å². The molecule has 0 aliphatic carbocycles. The molecule has 23 heavy (non-hydrogen) atoms. The number of thioether (sulfide) groups is 1. The molecule has 1 amide bonds. The van der Waals surface area contributed by atoms with Crippen molar-refractivity contribution in [3.63, 3.8) is 0 Å². The van der Waals surface area contributed by atoms with E-state index in [0.717, 1.165) is 31.8 Å². The zero-order chi connectivity index (χ0) is 16.5. The minimum Gasteiger partial charge on any atom is -0.381 e. The number of ether oxygens (including phenoxy) is 1. The van der Waals surface area contributed by atoms with Gasteiger partial charge in [0.1, 0.15) is 0 Å². The summed E-state index contributed by atoms with van der Waals surface area (Å²) in [5, 5.41) is 3.40. The summed E-state index contributed by atoms with van der Waals surface area (Å²) in [6.07, 6.45) is 2.13. The quantitative estimate of drug-likeness (QED) is 0.719. The molecule has 128 valence electrons. The van der Waals surface area contributed by atoms with Gasteiger partial charge in [0, 0.05) is 37.2 Å². The molecule has 1 aliphatic heterocycles. The van der Waals surface area contributed by atoms with Crippen molar-refractivity contribution in [1.29, 1.82) is 0 Å². The molecule has 0 saturated carbocycles. The molecular weight excluding hydrogens is 334 g/mol. The summed E-state index contributed by atoms with van der Waals surface area (Å²) in [6, 6.07) is 8.23. The smallest absolute Gasteiger partial charge is 0.221 e. The van der Waals surface area contributed by atoms with Gasteiger partial charge < -0.3 is 10.1 Å². The number of carbonyl (C=O) groups is 1. The van der Waals surface area contributed by atoms with Crippen LogP contribution in [0.3, 0.4) is 0 Å². The first kappa shape index (κ1) is 18.3. The second-order valence-electron chi connectivity index (χ2n) is 5.41. The van der Waals surface area contributed by atoms with E-state index in [2.05, 4.69) is 5.32 Å². The highest BCUT2D eigenvalue weighted by molar-refractivity contribution is 7.99. The van der Waals surface area contributed by atoms with Gasteiger partial charge in [-0.25, -0.2) is 8.42 Å². The zero-order valence-electron chi connectivity index (χ0n) is 13.1. The highest BCUT2D eigenvalue weighted by Crippen LogP contribution is 2.21. The minimum absolute atomic E-state index is 0.000830. The number of nitrogens with one attached hydrogen (secondary N) is 1. The molecule has 1 fully saturated rings. The monoisotopic (exact) mass is 357 g/mol. The third-order valence-corrected chi connectivity index (χ3v) is 6.76. The van der Waals surface area contributed by atoms with Crippen LogP contribution >= 0.6 is 11.8 Å². The number of hydrogen-bond donors (Lipinski definition) is 1. The summed E-state index contributed by atoms with van der Waals surface area (Å²) in [5.41, 5.74) is 0. The fraction of sp³-hybridized carbons (Fsp3) is 0.562. The molecule has 7 heteroatoms. The summed E-state index contributed by atoms with van der Waals surface area (Å²) in [6.45, 7) is 2.22. The summed E-state index contributed by atoms with van der Waals surface area (Å²) in [4.78, 5) is 12.0. The van der Waals surface area contributed by atoms with Crippen molar-refractivity contribution in [1.82, 2.24) is 5.32 Å². The fourth-order valence-electron chi connectivity index (χ4n) is 2.32. The highest BCUT2D eigenvalue weighted by Gasteiger charge is 2.16. The summed E-state index contributed by atoms with van der Waals surface area (Å²) in [7, 11) is -3.38. The Morgan fingerprint density at radius 3 is 2.61 bits per heavy atom. The number of amides is 1. The molecule has 5 nitrogen and oxygen atoms in total. The third-order valence-electron chi connectivity index (χ3n) is 3.65. The first-order valence-corrected chi connectivity index (χ1v) is 10.5. The Balaban J connectivity index is 1.63. The number of carbonyl (C=O) groups excluding carboxylic acids is 1. The van der Waals surface area contributed by atoms with Crippen LogP contribution in [0.2, 0.25) is 0 Å². The lowest BCUT2D eigenvalue weighted by molar-refractivity contribution is -0.120.